The first-order valence-electron chi connectivity index (χ1n) is 8.94. The van der Waals surface area contributed by atoms with E-state index in [0.717, 1.165) is 12.8 Å². The Labute approximate surface area is 148 Å². The van der Waals surface area contributed by atoms with Crippen LogP contribution in [0.4, 0.5) is 9.59 Å². The zero-order valence-electron chi connectivity index (χ0n) is 15.5. The van der Waals surface area contributed by atoms with E-state index in [1.807, 2.05) is 32.6 Å². The number of nitrogens with zero attached hydrogens (tertiary/aromatic N) is 3. The van der Waals surface area contributed by atoms with Gasteiger partial charge in [0.25, 0.3) is 5.91 Å². The van der Waals surface area contributed by atoms with E-state index < -0.39 is 11.1 Å². The first kappa shape index (κ1) is 18.0. The van der Waals surface area contributed by atoms with E-state index in [1.165, 1.54) is 4.90 Å². The molecule has 0 radical (unpaired) electrons. The number of carbonyl (C=O) groups is 3. The molecule has 0 spiro atoms. The SMILES string of the molecule is CC(C)(C)OC(=O)N1CCN(CN2C(=O)NC(C)(C3CC3)C2=O)CC1. The fourth-order valence-electron chi connectivity index (χ4n) is 3.38. The van der Waals surface area contributed by atoms with Crippen LogP contribution in [-0.4, -0.2) is 76.7 Å². The van der Waals surface area contributed by atoms with Crippen LogP contribution in [0, 0.1) is 5.92 Å². The van der Waals surface area contributed by atoms with Crippen LogP contribution in [0.2, 0.25) is 0 Å². The van der Waals surface area contributed by atoms with Crippen molar-refractivity contribution in [2.45, 2.75) is 51.7 Å². The summed E-state index contributed by atoms with van der Waals surface area (Å²) in [6.07, 6.45) is 1.67. The second-order valence-electron chi connectivity index (χ2n) is 8.37. The molecule has 3 aliphatic rings. The normalized spacial score (nSPS) is 28.3. The van der Waals surface area contributed by atoms with Gasteiger partial charge in [-0.1, -0.05) is 0 Å². The van der Waals surface area contributed by atoms with Crippen LogP contribution < -0.4 is 5.32 Å². The smallest absolute Gasteiger partial charge is 0.410 e. The molecule has 0 aromatic carbocycles. The van der Waals surface area contributed by atoms with Gasteiger partial charge in [0.15, 0.2) is 0 Å². The van der Waals surface area contributed by atoms with Gasteiger partial charge in [0.05, 0.1) is 6.67 Å². The molecule has 2 heterocycles. The first-order chi connectivity index (χ1) is 11.6. The van der Waals surface area contributed by atoms with Crippen LogP contribution in [0.3, 0.4) is 0 Å². The highest BCUT2D eigenvalue weighted by Crippen LogP contribution is 2.42. The zero-order chi connectivity index (χ0) is 18.4. The molecule has 2 saturated heterocycles. The molecule has 0 aromatic heterocycles. The summed E-state index contributed by atoms with van der Waals surface area (Å²) in [6.45, 7) is 9.89. The molecule has 140 valence electrons. The highest BCUT2D eigenvalue weighted by Gasteiger charge is 2.56. The summed E-state index contributed by atoms with van der Waals surface area (Å²) >= 11 is 0. The quantitative estimate of drug-likeness (QED) is 0.772. The predicted molar refractivity (Wildman–Crippen MR) is 90.8 cm³/mol. The lowest BCUT2D eigenvalue weighted by Gasteiger charge is -2.36. The molecule has 2 aliphatic heterocycles. The van der Waals surface area contributed by atoms with Crippen LogP contribution in [0.1, 0.15) is 40.5 Å². The number of ether oxygens (including phenoxy) is 1. The molecule has 1 atom stereocenters. The monoisotopic (exact) mass is 352 g/mol. The number of nitrogens with one attached hydrogen (secondary N) is 1. The van der Waals surface area contributed by atoms with Crippen LogP contribution in [0.25, 0.3) is 0 Å². The van der Waals surface area contributed by atoms with Gasteiger partial charge in [0.2, 0.25) is 0 Å². The van der Waals surface area contributed by atoms with Crippen molar-refractivity contribution in [2.75, 3.05) is 32.8 Å². The Bertz CT molecular complexity index is 576. The molecule has 1 unspecified atom stereocenters. The number of urea groups is 1. The van der Waals surface area contributed by atoms with Crippen LogP contribution in [0.15, 0.2) is 0 Å². The number of hydrogen-bond donors (Lipinski definition) is 1. The van der Waals surface area contributed by atoms with E-state index in [9.17, 15) is 14.4 Å². The molecular formula is C17H28N4O4. The number of rotatable bonds is 3. The standard InChI is InChI=1S/C17H28N4O4/c1-16(2,3)25-15(24)20-9-7-19(8-10-20)11-21-13(22)17(4,12-5-6-12)18-14(21)23/h12H,5-11H2,1-4H3,(H,18,23). The zero-order valence-corrected chi connectivity index (χ0v) is 15.5. The molecule has 8 heteroatoms. The molecule has 1 saturated carbocycles. The van der Waals surface area contributed by atoms with Gasteiger partial charge in [-0.05, 0) is 46.5 Å². The first-order valence-corrected chi connectivity index (χ1v) is 8.94. The number of piperazine rings is 1. The summed E-state index contributed by atoms with van der Waals surface area (Å²) in [5.74, 6) is 0.132. The van der Waals surface area contributed by atoms with Gasteiger partial charge in [-0.2, -0.15) is 0 Å². The second-order valence-corrected chi connectivity index (χ2v) is 8.37. The maximum Gasteiger partial charge on any atom is 0.410 e. The highest BCUT2D eigenvalue weighted by atomic mass is 16.6. The number of hydrogen-bond acceptors (Lipinski definition) is 5. The van der Waals surface area contributed by atoms with Crippen molar-refractivity contribution in [3.05, 3.63) is 0 Å². The summed E-state index contributed by atoms with van der Waals surface area (Å²) in [5, 5.41) is 2.86. The van der Waals surface area contributed by atoms with Crippen molar-refractivity contribution in [3.63, 3.8) is 0 Å². The molecule has 8 nitrogen and oxygen atoms in total. The molecule has 0 bridgehead atoms. The minimum Gasteiger partial charge on any atom is -0.444 e. The van der Waals surface area contributed by atoms with E-state index in [4.69, 9.17) is 4.74 Å². The average Bonchev–Trinajstić information content (AvgIpc) is 3.32. The van der Waals surface area contributed by atoms with Gasteiger partial charge in [0.1, 0.15) is 11.1 Å². The van der Waals surface area contributed by atoms with Crippen molar-refractivity contribution in [2.24, 2.45) is 5.92 Å². The van der Waals surface area contributed by atoms with E-state index in [2.05, 4.69) is 5.32 Å². The third kappa shape index (κ3) is 3.73. The molecule has 3 rings (SSSR count). The van der Waals surface area contributed by atoms with Crippen LogP contribution in [-0.2, 0) is 9.53 Å². The second kappa shape index (κ2) is 6.16. The molecule has 1 aliphatic carbocycles. The summed E-state index contributed by atoms with van der Waals surface area (Å²) in [6, 6.07) is -0.311. The lowest BCUT2D eigenvalue weighted by atomic mass is 9.96. The Balaban J connectivity index is 1.52. The molecular weight excluding hydrogens is 324 g/mol. The van der Waals surface area contributed by atoms with E-state index in [1.54, 1.807) is 4.90 Å². The minimum absolute atomic E-state index is 0.130. The minimum atomic E-state index is -0.741. The topological polar surface area (TPSA) is 82.2 Å². The summed E-state index contributed by atoms with van der Waals surface area (Å²) < 4.78 is 5.38. The fourth-order valence-corrected chi connectivity index (χ4v) is 3.38. The Morgan fingerprint density at radius 2 is 1.80 bits per heavy atom. The summed E-state index contributed by atoms with van der Waals surface area (Å²) in [4.78, 5) is 42.0. The maximum absolute atomic E-state index is 12.7. The Hall–Kier alpha value is -1.83. The number of imide groups is 1. The summed E-state index contributed by atoms with van der Waals surface area (Å²) in [7, 11) is 0. The van der Waals surface area contributed by atoms with E-state index in [0.29, 0.717) is 26.2 Å². The third-order valence-corrected chi connectivity index (χ3v) is 5.06. The van der Waals surface area contributed by atoms with Gasteiger partial charge in [0, 0.05) is 26.2 Å². The van der Waals surface area contributed by atoms with Crippen molar-refractivity contribution in [3.8, 4) is 0 Å². The fraction of sp³-hybridized carbons (Fsp3) is 0.824. The van der Waals surface area contributed by atoms with Crippen molar-refractivity contribution in [1.82, 2.24) is 20.0 Å². The van der Waals surface area contributed by atoms with Crippen molar-refractivity contribution >= 4 is 18.0 Å². The van der Waals surface area contributed by atoms with Gasteiger partial charge < -0.3 is 15.0 Å². The highest BCUT2D eigenvalue weighted by molar-refractivity contribution is 6.07. The van der Waals surface area contributed by atoms with Gasteiger partial charge in [-0.15, -0.1) is 0 Å². The third-order valence-electron chi connectivity index (χ3n) is 5.06. The van der Waals surface area contributed by atoms with Crippen LogP contribution >= 0.6 is 0 Å². The van der Waals surface area contributed by atoms with Gasteiger partial charge in [-0.25, -0.2) is 14.5 Å². The maximum atomic E-state index is 12.7. The largest absolute Gasteiger partial charge is 0.444 e. The number of carbonyl (C=O) groups excluding carboxylic acids is 3. The Morgan fingerprint density at radius 3 is 2.32 bits per heavy atom. The van der Waals surface area contributed by atoms with E-state index >= 15 is 0 Å². The number of amides is 4. The molecule has 25 heavy (non-hydrogen) atoms. The Morgan fingerprint density at radius 1 is 1.20 bits per heavy atom. The molecule has 0 aromatic rings. The predicted octanol–water partition coefficient (Wildman–Crippen LogP) is 1.22. The van der Waals surface area contributed by atoms with Crippen molar-refractivity contribution < 1.29 is 19.1 Å². The lowest BCUT2D eigenvalue weighted by Crippen LogP contribution is -2.53. The van der Waals surface area contributed by atoms with Crippen LogP contribution in [0.5, 0.6) is 0 Å². The average molecular weight is 352 g/mol. The van der Waals surface area contributed by atoms with Gasteiger partial charge in [-0.3, -0.25) is 9.69 Å². The molecule has 1 N–H and O–H groups in total. The summed E-state index contributed by atoms with van der Waals surface area (Å²) in [5.41, 5.74) is -1.25. The molecule has 3 fully saturated rings. The lowest BCUT2D eigenvalue weighted by molar-refractivity contribution is -0.133. The Kier molecular flexibility index (Phi) is 4.43. The van der Waals surface area contributed by atoms with Gasteiger partial charge >= 0.3 is 12.1 Å². The van der Waals surface area contributed by atoms with Crippen molar-refractivity contribution in [1.29, 1.82) is 0 Å². The molecule has 4 amide bonds. The van der Waals surface area contributed by atoms with E-state index in [-0.39, 0.29) is 30.6 Å².